The maximum absolute atomic E-state index is 12.4. The number of para-hydroxylation sites is 1. The highest BCUT2D eigenvalue weighted by molar-refractivity contribution is 6.11. The summed E-state index contributed by atoms with van der Waals surface area (Å²) in [4.78, 5) is 24.0. The Morgan fingerprint density at radius 3 is 2.25 bits per heavy atom. The van der Waals surface area contributed by atoms with Crippen LogP contribution in [0.1, 0.15) is 24.3 Å². The van der Waals surface area contributed by atoms with E-state index in [0.717, 1.165) is 10.9 Å². The summed E-state index contributed by atoms with van der Waals surface area (Å²) in [5.74, 6) is -0.418. The Labute approximate surface area is 139 Å². The second-order valence-corrected chi connectivity index (χ2v) is 5.79. The molecule has 0 radical (unpaired) electrons. The Morgan fingerprint density at radius 2 is 1.58 bits per heavy atom. The van der Waals surface area contributed by atoms with Gasteiger partial charge in [0.15, 0.2) is 5.69 Å². The summed E-state index contributed by atoms with van der Waals surface area (Å²) in [5.41, 5.74) is 2.49. The summed E-state index contributed by atoms with van der Waals surface area (Å²) >= 11 is 0. The number of benzene rings is 2. The minimum absolute atomic E-state index is 0.0465. The molecule has 2 aromatic carbocycles. The van der Waals surface area contributed by atoms with E-state index in [1.165, 1.54) is 0 Å². The Morgan fingerprint density at radius 1 is 0.958 bits per heavy atom. The van der Waals surface area contributed by atoms with Crippen molar-refractivity contribution in [2.75, 3.05) is 10.6 Å². The maximum Gasteiger partial charge on any atom is 0.276 e. The van der Waals surface area contributed by atoms with Gasteiger partial charge >= 0.3 is 0 Å². The zero-order chi connectivity index (χ0) is 17.1. The number of anilines is 2. The molecular formula is C18H18N4O2. The number of nitrogens with one attached hydrogen (secondary N) is 3. The monoisotopic (exact) mass is 322 g/mol. The summed E-state index contributed by atoms with van der Waals surface area (Å²) in [7, 11) is 0. The van der Waals surface area contributed by atoms with Crippen molar-refractivity contribution in [1.29, 1.82) is 0 Å². The predicted molar refractivity (Wildman–Crippen MR) is 94.0 cm³/mol. The third-order valence-electron chi connectivity index (χ3n) is 3.62. The first-order valence-corrected chi connectivity index (χ1v) is 7.70. The molecule has 0 bridgehead atoms. The lowest BCUT2D eigenvalue weighted by Crippen LogP contribution is -2.17. The fourth-order valence-corrected chi connectivity index (χ4v) is 2.25. The smallest absolute Gasteiger partial charge is 0.276 e. The van der Waals surface area contributed by atoms with Gasteiger partial charge in [-0.05, 0) is 30.3 Å². The largest absolute Gasteiger partial charge is 0.326 e. The van der Waals surface area contributed by atoms with E-state index in [1.54, 1.807) is 24.3 Å². The van der Waals surface area contributed by atoms with Crippen LogP contribution in [0.15, 0.2) is 48.5 Å². The van der Waals surface area contributed by atoms with Crippen molar-refractivity contribution < 1.29 is 9.59 Å². The fourth-order valence-electron chi connectivity index (χ4n) is 2.25. The number of amides is 2. The number of H-pyrrole nitrogens is 1. The number of hydrogen-bond acceptors (Lipinski definition) is 3. The molecule has 122 valence electrons. The quantitative estimate of drug-likeness (QED) is 0.688. The number of rotatable bonds is 4. The molecule has 6 heteroatoms. The van der Waals surface area contributed by atoms with E-state index >= 15 is 0 Å². The molecule has 2 amide bonds. The SMILES string of the molecule is CC(C)C(=O)Nc1ccc(NC(=O)c2n[nH]c3ccccc23)cc1. The van der Waals surface area contributed by atoms with Crippen LogP contribution in [-0.2, 0) is 4.79 Å². The highest BCUT2D eigenvalue weighted by atomic mass is 16.2. The molecule has 3 aromatic rings. The van der Waals surface area contributed by atoms with Gasteiger partial charge in [0.25, 0.3) is 5.91 Å². The van der Waals surface area contributed by atoms with Crippen LogP contribution in [0.3, 0.4) is 0 Å². The summed E-state index contributed by atoms with van der Waals surface area (Å²) < 4.78 is 0. The third-order valence-corrected chi connectivity index (χ3v) is 3.62. The number of carbonyl (C=O) groups is 2. The van der Waals surface area contributed by atoms with E-state index in [1.807, 2.05) is 38.1 Å². The lowest BCUT2D eigenvalue weighted by atomic mass is 10.2. The van der Waals surface area contributed by atoms with Crippen molar-refractivity contribution >= 4 is 34.1 Å². The van der Waals surface area contributed by atoms with E-state index in [9.17, 15) is 9.59 Å². The average Bonchev–Trinajstić information content (AvgIpc) is 3.00. The molecule has 0 atom stereocenters. The van der Waals surface area contributed by atoms with Crippen molar-refractivity contribution in [3.63, 3.8) is 0 Å². The minimum Gasteiger partial charge on any atom is -0.326 e. The molecule has 0 saturated carbocycles. The van der Waals surface area contributed by atoms with Crippen LogP contribution < -0.4 is 10.6 Å². The molecule has 0 fully saturated rings. The Balaban J connectivity index is 1.72. The van der Waals surface area contributed by atoms with Gasteiger partial charge in [-0.1, -0.05) is 32.0 Å². The summed E-state index contributed by atoms with van der Waals surface area (Å²) in [6.07, 6.45) is 0. The predicted octanol–water partition coefficient (Wildman–Crippen LogP) is 3.41. The Hall–Kier alpha value is -3.15. The first kappa shape index (κ1) is 15.7. The van der Waals surface area contributed by atoms with Crippen molar-refractivity contribution in [1.82, 2.24) is 10.2 Å². The lowest BCUT2D eigenvalue weighted by molar-refractivity contribution is -0.118. The zero-order valence-corrected chi connectivity index (χ0v) is 13.5. The molecule has 24 heavy (non-hydrogen) atoms. The number of aromatic nitrogens is 2. The van der Waals surface area contributed by atoms with Crippen LogP contribution in [0.2, 0.25) is 0 Å². The number of carbonyl (C=O) groups excluding carboxylic acids is 2. The van der Waals surface area contributed by atoms with Crippen molar-refractivity contribution in [2.45, 2.75) is 13.8 Å². The topological polar surface area (TPSA) is 86.9 Å². The number of nitrogens with zero attached hydrogens (tertiary/aromatic N) is 1. The molecule has 0 aliphatic heterocycles. The van der Waals surface area contributed by atoms with Gasteiger partial charge in [-0.3, -0.25) is 14.7 Å². The Bertz CT molecular complexity index is 881. The van der Waals surface area contributed by atoms with Crippen molar-refractivity contribution in [3.8, 4) is 0 Å². The molecule has 6 nitrogen and oxygen atoms in total. The molecule has 3 rings (SSSR count). The number of aromatic amines is 1. The van der Waals surface area contributed by atoms with Crippen LogP contribution in [0.5, 0.6) is 0 Å². The van der Waals surface area contributed by atoms with Crippen molar-refractivity contribution in [2.24, 2.45) is 5.92 Å². The standard InChI is InChI=1S/C18H18N4O2/c1-11(2)17(23)19-12-7-9-13(10-8-12)20-18(24)16-14-5-3-4-6-15(14)21-22-16/h3-11H,1-2H3,(H,19,23)(H,20,24)(H,21,22). The molecule has 1 aromatic heterocycles. The van der Waals surface area contributed by atoms with Gasteiger partial charge in [0, 0.05) is 22.7 Å². The second-order valence-electron chi connectivity index (χ2n) is 5.79. The molecule has 0 aliphatic carbocycles. The van der Waals surface area contributed by atoms with E-state index < -0.39 is 0 Å². The number of hydrogen-bond donors (Lipinski definition) is 3. The van der Waals surface area contributed by atoms with E-state index in [-0.39, 0.29) is 17.7 Å². The maximum atomic E-state index is 12.4. The van der Waals surface area contributed by atoms with Gasteiger partial charge in [0.2, 0.25) is 5.91 Å². The fraction of sp³-hybridized carbons (Fsp3) is 0.167. The van der Waals surface area contributed by atoms with Gasteiger partial charge in [-0.15, -0.1) is 0 Å². The lowest BCUT2D eigenvalue weighted by Gasteiger charge is -2.09. The van der Waals surface area contributed by atoms with E-state index in [0.29, 0.717) is 17.1 Å². The second kappa shape index (κ2) is 6.54. The molecule has 1 heterocycles. The van der Waals surface area contributed by atoms with E-state index in [2.05, 4.69) is 20.8 Å². The van der Waals surface area contributed by atoms with Gasteiger partial charge < -0.3 is 10.6 Å². The van der Waals surface area contributed by atoms with Crippen molar-refractivity contribution in [3.05, 3.63) is 54.2 Å². The van der Waals surface area contributed by atoms with Crippen LogP contribution in [0.25, 0.3) is 10.9 Å². The molecule has 0 aliphatic rings. The minimum atomic E-state index is -0.286. The van der Waals surface area contributed by atoms with Gasteiger partial charge in [-0.2, -0.15) is 5.10 Å². The molecule has 0 spiro atoms. The molecule has 3 N–H and O–H groups in total. The van der Waals surface area contributed by atoms with Crippen LogP contribution in [-0.4, -0.2) is 22.0 Å². The zero-order valence-electron chi connectivity index (χ0n) is 13.5. The van der Waals surface area contributed by atoms with Crippen LogP contribution >= 0.6 is 0 Å². The first-order chi connectivity index (χ1) is 11.5. The molecule has 0 unspecified atom stereocenters. The molecule has 0 saturated heterocycles. The number of fused-ring (bicyclic) bond motifs is 1. The van der Waals surface area contributed by atoms with Gasteiger partial charge in [0.1, 0.15) is 0 Å². The summed E-state index contributed by atoms with van der Waals surface area (Å²) in [5, 5.41) is 13.3. The summed E-state index contributed by atoms with van der Waals surface area (Å²) in [6.45, 7) is 3.66. The third kappa shape index (κ3) is 3.27. The summed E-state index contributed by atoms with van der Waals surface area (Å²) in [6, 6.07) is 14.4. The molecular weight excluding hydrogens is 304 g/mol. The van der Waals surface area contributed by atoms with Crippen LogP contribution in [0, 0.1) is 5.92 Å². The van der Waals surface area contributed by atoms with Gasteiger partial charge in [0.05, 0.1) is 5.52 Å². The average molecular weight is 322 g/mol. The highest BCUT2D eigenvalue weighted by Gasteiger charge is 2.14. The van der Waals surface area contributed by atoms with Crippen LogP contribution in [0.4, 0.5) is 11.4 Å². The van der Waals surface area contributed by atoms with Gasteiger partial charge in [-0.25, -0.2) is 0 Å². The highest BCUT2D eigenvalue weighted by Crippen LogP contribution is 2.18. The normalized spacial score (nSPS) is 10.8. The first-order valence-electron chi connectivity index (χ1n) is 7.70. The van der Waals surface area contributed by atoms with E-state index in [4.69, 9.17) is 0 Å². The Kier molecular flexibility index (Phi) is 4.29.